The van der Waals surface area contributed by atoms with Crippen molar-refractivity contribution in [3.8, 4) is 11.5 Å². The number of hydrogen-bond donors (Lipinski definition) is 2. The standard InChI is InChI=1S/C22H24F2N4O2/c1-3-29-19-10-6-8-16(20(19)30-21(23)24)13-27-22(25-2)28-14-18-17-9-5-4-7-15(17)11-12-26-18/h4-12,21H,3,13-14H2,1-2H3,(H2,25,27,28). The van der Waals surface area contributed by atoms with Gasteiger partial charge >= 0.3 is 6.61 Å². The molecule has 0 saturated carbocycles. The summed E-state index contributed by atoms with van der Waals surface area (Å²) in [6, 6.07) is 15.0. The van der Waals surface area contributed by atoms with Crippen LogP contribution in [0.4, 0.5) is 8.78 Å². The molecule has 30 heavy (non-hydrogen) atoms. The molecule has 0 spiro atoms. The second kappa shape index (κ2) is 10.4. The molecular weight excluding hydrogens is 390 g/mol. The lowest BCUT2D eigenvalue weighted by atomic mass is 10.1. The number of fused-ring (bicyclic) bond motifs is 1. The van der Waals surface area contributed by atoms with Crippen LogP contribution < -0.4 is 20.1 Å². The van der Waals surface area contributed by atoms with Gasteiger partial charge in [0.1, 0.15) is 0 Å². The minimum atomic E-state index is -2.94. The van der Waals surface area contributed by atoms with Gasteiger partial charge in [0.2, 0.25) is 0 Å². The molecular formula is C22H24F2N4O2. The number of nitrogens with zero attached hydrogens (tertiary/aromatic N) is 2. The normalized spacial score (nSPS) is 11.6. The molecule has 0 radical (unpaired) electrons. The maximum atomic E-state index is 12.9. The van der Waals surface area contributed by atoms with E-state index < -0.39 is 6.61 Å². The van der Waals surface area contributed by atoms with E-state index in [0.717, 1.165) is 16.5 Å². The molecule has 158 valence electrons. The monoisotopic (exact) mass is 414 g/mol. The number of aliphatic imine (C=N–C) groups is 1. The summed E-state index contributed by atoms with van der Waals surface area (Å²) in [5.41, 5.74) is 1.42. The molecule has 3 aromatic rings. The van der Waals surface area contributed by atoms with Crippen molar-refractivity contribution in [2.24, 2.45) is 4.99 Å². The number of nitrogens with one attached hydrogen (secondary N) is 2. The first-order valence-electron chi connectivity index (χ1n) is 9.59. The predicted octanol–water partition coefficient (Wildman–Crippen LogP) is 4.10. The number of benzene rings is 2. The van der Waals surface area contributed by atoms with Crippen molar-refractivity contribution in [2.75, 3.05) is 13.7 Å². The number of halogens is 2. The van der Waals surface area contributed by atoms with Crippen LogP contribution in [0.1, 0.15) is 18.2 Å². The predicted molar refractivity (Wildman–Crippen MR) is 113 cm³/mol. The van der Waals surface area contributed by atoms with Crippen LogP contribution in [0.5, 0.6) is 11.5 Å². The lowest BCUT2D eigenvalue weighted by Crippen LogP contribution is -2.36. The van der Waals surface area contributed by atoms with E-state index in [1.165, 1.54) is 0 Å². The highest BCUT2D eigenvalue weighted by atomic mass is 19.3. The molecule has 6 nitrogen and oxygen atoms in total. The summed E-state index contributed by atoms with van der Waals surface area (Å²) in [5, 5.41) is 8.48. The van der Waals surface area contributed by atoms with Gasteiger partial charge in [-0.15, -0.1) is 0 Å². The molecule has 0 aliphatic rings. The zero-order chi connectivity index (χ0) is 21.3. The van der Waals surface area contributed by atoms with Crippen LogP contribution in [0.3, 0.4) is 0 Å². The number of para-hydroxylation sites is 1. The summed E-state index contributed by atoms with van der Waals surface area (Å²) in [7, 11) is 1.64. The Morgan fingerprint density at radius 3 is 2.63 bits per heavy atom. The molecule has 0 saturated heterocycles. The Morgan fingerprint density at radius 1 is 1.07 bits per heavy atom. The Kier molecular flexibility index (Phi) is 7.37. The Hall–Kier alpha value is -3.42. The second-order valence-corrected chi connectivity index (χ2v) is 6.31. The summed E-state index contributed by atoms with van der Waals surface area (Å²) in [4.78, 5) is 8.64. The Morgan fingerprint density at radius 2 is 1.87 bits per heavy atom. The van der Waals surface area contributed by atoms with E-state index in [2.05, 4.69) is 20.6 Å². The van der Waals surface area contributed by atoms with E-state index in [-0.39, 0.29) is 18.0 Å². The molecule has 2 aromatic carbocycles. The minimum Gasteiger partial charge on any atom is -0.490 e. The smallest absolute Gasteiger partial charge is 0.387 e. The molecule has 0 unspecified atom stereocenters. The number of pyridine rings is 1. The lowest BCUT2D eigenvalue weighted by molar-refractivity contribution is -0.0520. The van der Waals surface area contributed by atoms with E-state index in [9.17, 15) is 8.78 Å². The molecule has 2 N–H and O–H groups in total. The van der Waals surface area contributed by atoms with Crippen molar-refractivity contribution in [3.05, 3.63) is 66.0 Å². The quantitative estimate of drug-likeness (QED) is 0.429. The average Bonchev–Trinajstić information content (AvgIpc) is 2.75. The van der Waals surface area contributed by atoms with E-state index in [1.807, 2.05) is 30.3 Å². The van der Waals surface area contributed by atoms with Crippen molar-refractivity contribution in [3.63, 3.8) is 0 Å². The van der Waals surface area contributed by atoms with Crippen molar-refractivity contribution < 1.29 is 18.3 Å². The third-order valence-corrected chi connectivity index (χ3v) is 4.42. The van der Waals surface area contributed by atoms with Crippen molar-refractivity contribution in [1.82, 2.24) is 15.6 Å². The lowest BCUT2D eigenvalue weighted by Gasteiger charge is -2.17. The molecule has 0 aliphatic carbocycles. The summed E-state index contributed by atoms with van der Waals surface area (Å²) in [6.07, 6.45) is 1.77. The van der Waals surface area contributed by atoms with Gasteiger partial charge in [-0.3, -0.25) is 9.98 Å². The van der Waals surface area contributed by atoms with Gasteiger partial charge in [-0.2, -0.15) is 8.78 Å². The number of rotatable bonds is 8. The third kappa shape index (κ3) is 5.34. The highest BCUT2D eigenvalue weighted by Crippen LogP contribution is 2.32. The average molecular weight is 414 g/mol. The molecule has 1 heterocycles. The van der Waals surface area contributed by atoms with Gasteiger partial charge in [0, 0.05) is 30.7 Å². The maximum absolute atomic E-state index is 12.9. The second-order valence-electron chi connectivity index (χ2n) is 6.31. The maximum Gasteiger partial charge on any atom is 0.387 e. The summed E-state index contributed by atoms with van der Waals surface area (Å²) in [5.74, 6) is 0.808. The molecule has 1 aromatic heterocycles. The Labute approximate surface area is 173 Å². The van der Waals surface area contributed by atoms with Gasteiger partial charge in [-0.1, -0.05) is 36.4 Å². The zero-order valence-electron chi connectivity index (χ0n) is 16.9. The van der Waals surface area contributed by atoms with Gasteiger partial charge in [0.05, 0.1) is 18.8 Å². The topological polar surface area (TPSA) is 67.8 Å². The fourth-order valence-corrected chi connectivity index (χ4v) is 3.08. The number of guanidine groups is 1. The molecule has 0 atom stereocenters. The van der Waals surface area contributed by atoms with Crippen LogP contribution in [-0.2, 0) is 13.1 Å². The highest BCUT2D eigenvalue weighted by molar-refractivity contribution is 5.85. The zero-order valence-corrected chi connectivity index (χ0v) is 16.9. The first kappa shape index (κ1) is 21.3. The van der Waals surface area contributed by atoms with E-state index in [1.54, 1.807) is 38.4 Å². The van der Waals surface area contributed by atoms with E-state index >= 15 is 0 Å². The van der Waals surface area contributed by atoms with Gasteiger partial charge in [0.15, 0.2) is 17.5 Å². The Balaban J connectivity index is 1.69. The van der Waals surface area contributed by atoms with Crippen molar-refractivity contribution >= 4 is 16.7 Å². The largest absolute Gasteiger partial charge is 0.490 e. The van der Waals surface area contributed by atoms with Gasteiger partial charge < -0.3 is 20.1 Å². The molecule has 3 rings (SSSR count). The SMILES string of the molecule is CCOc1cccc(CNC(=NC)NCc2nccc3ccccc23)c1OC(F)F. The van der Waals surface area contributed by atoms with Crippen LogP contribution >= 0.6 is 0 Å². The summed E-state index contributed by atoms with van der Waals surface area (Å²) < 4.78 is 35.9. The Bertz CT molecular complexity index is 1010. The molecule has 8 heteroatoms. The first-order valence-corrected chi connectivity index (χ1v) is 9.59. The van der Waals surface area contributed by atoms with Gasteiger partial charge in [0.25, 0.3) is 0 Å². The summed E-state index contributed by atoms with van der Waals surface area (Å²) in [6.45, 7) is -0.131. The number of aromatic nitrogens is 1. The highest BCUT2D eigenvalue weighted by Gasteiger charge is 2.16. The minimum absolute atomic E-state index is 0.0213. The number of alkyl halides is 2. The van der Waals surface area contributed by atoms with Crippen LogP contribution in [0.2, 0.25) is 0 Å². The fraction of sp³-hybridized carbons (Fsp3) is 0.273. The first-order chi connectivity index (χ1) is 14.6. The van der Waals surface area contributed by atoms with E-state index in [0.29, 0.717) is 24.7 Å². The number of hydrogen-bond acceptors (Lipinski definition) is 4. The van der Waals surface area contributed by atoms with Crippen molar-refractivity contribution in [2.45, 2.75) is 26.6 Å². The van der Waals surface area contributed by atoms with Gasteiger partial charge in [-0.05, 0) is 24.4 Å². The van der Waals surface area contributed by atoms with Crippen LogP contribution in [0.15, 0.2) is 59.7 Å². The molecule has 0 aliphatic heterocycles. The summed E-state index contributed by atoms with van der Waals surface area (Å²) >= 11 is 0. The van der Waals surface area contributed by atoms with Gasteiger partial charge in [-0.25, -0.2) is 0 Å². The van der Waals surface area contributed by atoms with Crippen LogP contribution in [-0.4, -0.2) is 31.2 Å². The van der Waals surface area contributed by atoms with Crippen molar-refractivity contribution in [1.29, 1.82) is 0 Å². The van der Waals surface area contributed by atoms with Crippen LogP contribution in [0, 0.1) is 0 Å². The number of ether oxygens (including phenoxy) is 2. The molecule has 0 amide bonds. The van der Waals surface area contributed by atoms with Crippen LogP contribution in [0.25, 0.3) is 10.8 Å². The third-order valence-electron chi connectivity index (χ3n) is 4.42. The van der Waals surface area contributed by atoms with E-state index in [4.69, 9.17) is 9.47 Å². The fourth-order valence-electron chi connectivity index (χ4n) is 3.08. The molecule has 0 bridgehead atoms. The molecule has 0 fully saturated rings.